The summed E-state index contributed by atoms with van der Waals surface area (Å²) in [5.41, 5.74) is 10.5. The minimum Gasteiger partial charge on any atom is -0.356 e. The summed E-state index contributed by atoms with van der Waals surface area (Å²) in [6.45, 7) is 5.32. The molecule has 0 saturated carbocycles. The molecule has 2 N–H and O–H groups in total. The molecule has 3 aromatic rings. The van der Waals surface area contributed by atoms with Gasteiger partial charge in [-0.15, -0.1) is 0 Å². The van der Waals surface area contributed by atoms with Crippen molar-refractivity contribution in [2.75, 3.05) is 18.0 Å². The molecule has 2 heterocycles. The number of piperidine rings is 1. The van der Waals surface area contributed by atoms with Crippen molar-refractivity contribution in [1.29, 1.82) is 0 Å². The number of hydrogen-bond donors (Lipinski definition) is 1. The Bertz CT molecular complexity index is 1260. The van der Waals surface area contributed by atoms with E-state index in [9.17, 15) is 4.79 Å². The highest BCUT2D eigenvalue weighted by Gasteiger charge is 2.46. The number of aryl methyl sites for hydroxylation is 1. The van der Waals surface area contributed by atoms with Gasteiger partial charge in [-0.2, -0.15) is 0 Å². The van der Waals surface area contributed by atoms with E-state index >= 15 is 0 Å². The molecule has 1 spiro atoms. The molecule has 7 heteroatoms. The van der Waals surface area contributed by atoms with E-state index in [4.69, 9.17) is 33.9 Å². The zero-order valence-corrected chi connectivity index (χ0v) is 19.7. The van der Waals surface area contributed by atoms with Crippen molar-refractivity contribution in [2.45, 2.75) is 39.2 Å². The summed E-state index contributed by atoms with van der Waals surface area (Å²) in [5, 5.41) is 0.760. The van der Waals surface area contributed by atoms with E-state index in [0.29, 0.717) is 27.1 Å². The molecule has 1 unspecified atom stereocenters. The Morgan fingerprint density at radius 2 is 1.78 bits per heavy atom. The van der Waals surface area contributed by atoms with Gasteiger partial charge < -0.3 is 10.6 Å². The van der Waals surface area contributed by atoms with Gasteiger partial charge in [0.15, 0.2) is 0 Å². The SMILES string of the molecule is Cc1c(N2CCC3(CC2)Cc2ccccc2C3N)nc(C)n(-c2cccc(Cl)c2Cl)c1=O. The summed E-state index contributed by atoms with van der Waals surface area (Å²) in [7, 11) is 0. The van der Waals surface area contributed by atoms with Crippen molar-refractivity contribution in [2.24, 2.45) is 11.1 Å². The maximum atomic E-state index is 13.3. The number of fused-ring (bicyclic) bond motifs is 1. The van der Waals surface area contributed by atoms with Gasteiger partial charge in [0.05, 0.1) is 21.3 Å². The molecular weight excluding hydrogens is 443 g/mol. The van der Waals surface area contributed by atoms with Gasteiger partial charge in [0.25, 0.3) is 5.56 Å². The third kappa shape index (κ3) is 3.26. The first-order valence-corrected chi connectivity index (χ1v) is 11.7. The lowest BCUT2D eigenvalue weighted by Crippen LogP contribution is -2.45. The highest BCUT2D eigenvalue weighted by molar-refractivity contribution is 6.43. The number of nitrogens with two attached hydrogens (primary N) is 1. The Balaban J connectivity index is 1.44. The Morgan fingerprint density at radius 3 is 2.50 bits per heavy atom. The zero-order valence-electron chi connectivity index (χ0n) is 18.2. The molecule has 32 heavy (non-hydrogen) atoms. The molecule has 5 nitrogen and oxygen atoms in total. The Hall–Kier alpha value is -2.34. The van der Waals surface area contributed by atoms with E-state index in [2.05, 4.69) is 29.2 Å². The Labute approximate surface area is 197 Å². The van der Waals surface area contributed by atoms with Gasteiger partial charge >= 0.3 is 0 Å². The summed E-state index contributed by atoms with van der Waals surface area (Å²) < 4.78 is 1.54. The van der Waals surface area contributed by atoms with Crippen LogP contribution in [0.2, 0.25) is 10.0 Å². The number of hydrogen-bond acceptors (Lipinski definition) is 4. The molecule has 1 aliphatic carbocycles. The van der Waals surface area contributed by atoms with Crippen LogP contribution in [0.3, 0.4) is 0 Å². The highest BCUT2D eigenvalue weighted by atomic mass is 35.5. The molecule has 1 fully saturated rings. The second-order valence-corrected chi connectivity index (χ2v) is 9.81. The van der Waals surface area contributed by atoms with Gasteiger partial charge in [0.1, 0.15) is 11.6 Å². The second kappa shape index (κ2) is 7.91. The molecule has 2 aliphatic rings. The topological polar surface area (TPSA) is 64.2 Å². The molecule has 0 radical (unpaired) electrons. The number of rotatable bonds is 2. The molecule has 1 saturated heterocycles. The molecule has 0 bridgehead atoms. The Kier molecular flexibility index (Phi) is 5.31. The maximum absolute atomic E-state index is 13.3. The first-order chi connectivity index (χ1) is 15.3. The van der Waals surface area contributed by atoms with Crippen LogP contribution in [-0.2, 0) is 6.42 Å². The number of halogens is 2. The zero-order chi connectivity index (χ0) is 22.6. The van der Waals surface area contributed by atoms with Gasteiger partial charge in [0, 0.05) is 19.1 Å². The number of benzene rings is 2. The average molecular weight is 469 g/mol. The molecular formula is C25H26Cl2N4O. The van der Waals surface area contributed by atoms with Crippen molar-refractivity contribution < 1.29 is 0 Å². The van der Waals surface area contributed by atoms with Crippen molar-refractivity contribution >= 4 is 29.0 Å². The fourth-order valence-electron chi connectivity index (χ4n) is 5.42. The fraction of sp³-hybridized carbons (Fsp3) is 0.360. The van der Waals surface area contributed by atoms with Crippen LogP contribution in [0.1, 0.15) is 41.4 Å². The maximum Gasteiger partial charge on any atom is 0.263 e. The third-order valence-electron chi connectivity index (χ3n) is 7.27. The van der Waals surface area contributed by atoms with Crippen molar-refractivity contribution in [1.82, 2.24) is 9.55 Å². The van der Waals surface area contributed by atoms with E-state index < -0.39 is 0 Å². The minimum atomic E-state index is -0.123. The van der Waals surface area contributed by atoms with E-state index in [-0.39, 0.29) is 17.0 Å². The van der Waals surface area contributed by atoms with Crippen molar-refractivity contribution in [3.63, 3.8) is 0 Å². The van der Waals surface area contributed by atoms with Crippen LogP contribution in [0.25, 0.3) is 5.69 Å². The van der Waals surface area contributed by atoms with Crippen LogP contribution in [0, 0.1) is 19.3 Å². The summed E-state index contributed by atoms with van der Waals surface area (Å²) in [6.07, 6.45) is 2.98. The summed E-state index contributed by atoms with van der Waals surface area (Å²) in [5.74, 6) is 1.34. The summed E-state index contributed by atoms with van der Waals surface area (Å²) >= 11 is 12.6. The number of aromatic nitrogens is 2. The lowest BCUT2D eigenvalue weighted by Gasteiger charge is -2.43. The van der Waals surface area contributed by atoms with Crippen molar-refractivity contribution in [3.8, 4) is 5.69 Å². The summed E-state index contributed by atoms with van der Waals surface area (Å²) in [4.78, 5) is 20.4. The second-order valence-electron chi connectivity index (χ2n) is 9.02. The van der Waals surface area contributed by atoms with Gasteiger partial charge in [0.2, 0.25) is 0 Å². The Morgan fingerprint density at radius 1 is 1.06 bits per heavy atom. The fourth-order valence-corrected chi connectivity index (χ4v) is 5.80. The average Bonchev–Trinajstić information content (AvgIpc) is 3.06. The first kappa shape index (κ1) is 21.5. The third-order valence-corrected chi connectivity index (χ3v) is 8.08. The quantitative estimate of drug-likeness (QED) is 0.574. The van der Waals surface area contributed by atoms with Crippen LogP contribution >= 0.6 is 23.2 Å². The molecule has 1 aliphatic heterocycles. The summed E-state index contributed by atoms with van der Waals surface area (Å²) in [6, 6.07) is 13.9. The van der Waals surface area contributed by atoms with Gasteiger partial charge in [-0.3, -0.25) is 9.36 Å². The predicted molar refractivity (Wildman–Crippen MR) is 130 cm³/mol. The van der Waals surface area contributed by atoms with E-state index in [1.54, 1.807) is 22.8 Å². The molecule has 1 atom stereocenters. The van der Waals surface area contributed by atoms with Crippen LogP contribution in [-0.4, -0.2) is 22.6 Å². The monoisotopic (exact) mass is 468 g/mol. The van der Waals surface area contributed by atoms with E-state index in [0.717, 1.165) is 38.2 Å². The van der Waals surface area contributed by atoms with Crippen LogP contribution in [0.4, 0.5) is 5.82 Å². The standard InChI is InChI=1S/C25H26Cl2N4O/c1-15-23(29-16(2)31(24(15)32)20-9-5-8-19(26)21(20)27)30-12-10-25(11-13-30)14-17-6-3-4-7-18(17)22(25)28/h3-9,22H,10-14,28H2,1-2H3. The predicted octanol–water partition coefficient (Wildman–Crippen LogP) is 5.00. The minimum absolute atomic E-state index is 0.0645. The van der Waals surface area contributed by atoms with Gasteiger partial charge in [-0.1, -0.05) is 53.5 Å². The normalized spacial score (nSPS) is 19.4. The molecule has 1 aromatic heterocycles. The largest absolute Gasteiger partial charge is 0.356 e. The van der Waals surface area contributed by atoms with Gasteiger partial charge in [-0.25, -0.2) is 4.98 Å². The molecule has 166 valence electrons. The van der Waals surface area contributed by atoms with Gasteiger partial charge in [-0.05, 0) is 61.8 Å². The van der Waals surface area contributed by atoms with Crippen LogP contribution in [0.15, 0.2) is 47.3 Å². The molecule has 5 rings (SSSR count). The molecule has 0 amide bonds. The van der Waals surface area contributed by atoms with Crippen LogP contribution < -0.4 is 16.2 Å². The van der Waals surface area contributed by atoms with E-state index in [1.807, 2.05) is 13.8 Å². The first-order valence-electron chi connectivity index (χ1n) is 11.0. The number of nitrogens with zero attached hydrogens (tertiary/aromatic N) is 3. The van der Waals surface area contributed by atoms with Crippen LogP contribution in [0.5, 0.6) is 0 Å². The smallest absolute Gasteiger partial charge is 0.263 e. The van der Waals surface area contributed by atoms with E-state index in [1.165, 1.54) is 11.1 Å². The lowest BCUT2D eigenvalue weighted by atomic mass is 9.73. The highest BCUT2D eigenvalue weighted by Crippen LogP contribution is 2.51. The van der Waals surface area contributed by atoms with Crippen molar-refractivity contribution in [3.05, 3.63) is 85.4 Å². The number of anilines is 1. The molecule has 2 aromatic carbocycles. The lowest BCUT2D eigenvalue weighted by molar-refractivity contribution is 0.187.